The fraction of sp³-hybridized carbons (Fsp3) is 0.429. The molecule has 2 heterocycles. The van der Waals surface area contributed by atoms with Gasteiger partial charge in [-0.3, -0.25) is 0 Å². The highest BCUT2D eigenvalue weighted by Crippen LogP contribution is 2.38. The molecule has 0 atom stereocenters. The third-order valence-electron chi connectivity index (χ3n) is 3.21. The molecular formula is C14H17NO2. The largest absolute Gasteiger partial charge is 0.486 e. The first-order valence-electron chi connectivity index (χ1n) is 5.95. The van der Waals surface area contributed by atoms with Crippen LogP contribution in [0.15, 0.2) is 18.7 Å². The SMILES string of the molecule is C=C1NC(C)(C)Cc2cc3c(cc21)OCCO3. The van der Waals surface area contributed by atoms with E-state index < -0.39 is 0 Å². The van der Waals surface area contributed by atoms with Gasteiger partial charge in [0.15, 0.2) is 11.5 Å². The minimum atomic E-state index is 0.0494. The average Bonchev–Trinajstić information content (AvgIpc) is 2.25. The molecule has 3 heteroatoms. The van der Waals surface area contributed by atoms with Crippen LogP contribution in [0.4, 0.5) is 0 Å². The quantitative estimate of drug-likeness (QED) is 0.743. The molecule has 0 unspecified atom stereocenters. The van der Waals surface area contributed by atoms with Gasteiger partial charge in [-0.25, -0.2) is 0 Å². The second-order valence-electron chi connectivity index (χ2n) is 5.32. The molecule has 3 nitrogen and oxygen atoms in total. The standard InChI is InChI=1S/C14H17NO2/c1-9-11-7-13-12(16-4-5-17-13)6-10(11)8-14(2,3)15-9/h6-7,15H,1,4-5,8H2,2-3H3. The van der Waals surface area contributed by atoms with Gasteiger partial charge in [-0.1, -0.05) is 6.58 Å². The molecule has 1 N–H and O–H groups in total. The maximum absolute atomic E-state index is 5.62. The minimum Gasteiger partial charge on any atom is -0.486 e. The average molecular weight is 231 g/mol. The maximum atomic E-state index is 5.62. The smallest absolute Gasteiger partial charge is 0.162 e. The Hall–Kier alpha value is -1.64. The van der Waals surface area contributed by atoms with E-state index in [-0.39, 0.29) is 5.54 Å². The molecule has 90 valence electrons. The van der Waals surface area contributed by atoms with Crippen molar-refractivity contribution in [3.8, 4) is 11.5 Å². The number of fused-ring (bicyclic) bond motifs is 2. The fourth-order valence-corrected chi connectivity index (χ4v) is 2.55. The maximum Gasteiger partial charge on any atom is 0.162 e. The highest BCUT2D eigenvalue weighted by Gasteiger charge is 2.28. The topological polar surface area (TPSA) is 30.5 Å². The zero-order valence-electron chi connectivity index (χ0n) is 10.3. The van der Waals surface area contributed by atoms with Crippen molar-refractivity contribution in [1.29, 1.82) is 0 Å². The van der Waals surface area contributed by atoms with Gasteiger partial charge >= 0.3 is 0 Å². The summed E-state index contributed by atoms with van der Waals surface area (Å²) >= 11 is 0. The van der Waals surface area contributed by atoms with Gasteiger partial charge in [-0.15, -0.1) is 0 Å². The molecule has 2 aliphatic heterocycles. The van der Waals surface area contributed by atoms with Crippen LogP contribution in [0.1, 0.15) is 25.0 Å². The Morgan fingerprint density at radius 2 is 1.82 bits per heavy atom. The monoisotopic (exact) mass is 231 g/mol. The van der Waals surface area contributed by atoms with Gasteiger partial charge < -0.3 is 14.8 Å². The Kier molecular flexibility index (Phi) is 2.12. The number of ether oxygens (including phenoxy) is 2. The predicted molar refractivity (Wildman–Crippen MR) is 67.4 cm³/mol. The highest BCUT2D eigenvalue weighted by molar-refractivity contribution is 5.71. The van der Waals surface area contributed by atoms with Crippen LogP contribution in [-0.4, -0.2) is 18.8 Å². The van der Waals surface area contributed by atoms with E-state index in [0.717, 1.165) is 29.2 Å². The van der Waals surface area contributed by atoms with Gasteiger partial charge in [0.25, 0.3) is 0 Å². The first kappa shape index (κ1) is 10.5. The first-order valence-corrected chi connectivity index (χ1v) is 5.95. The van der Waals surface area contributed by atoms with Gasteiger partial charge in [0.1, 0.15) is 13.2 Å². The van der Waals surface area contributed by atoms with Crippen molar-refractivity contribution in [2.24, 2.45) is 0 Å². The molecule has 0 spiro atoms. The van der Waals surface area contributed by atoms with E-state index in [4.69, 9.17) is 9.47 Å². The van der Waals surface area contributed by atoms with Crippen LogP contribution in [0.2, 0.25) is 0 Å². The summed E-state index contributed by atoms with van der Waals surface area (Å²) in [6, 6.07) is 4.13. The summed E-state index contributed by atoms with van der Waals surface area (Å²) in [7, 11) is 0. The molecule has 0 saturated heterocycles. The molecule has 2 aliphatic rings. The number of benzene rings is 1. The third-order valence-corrected chi connectivity index (χ3v) is 3.21. The van der Waals surface area contributed by atoms with Crippen LogP contribution in [-0.2, 0) is 6.42 Å². The van der Waals surface area contributed by atoms with E-state index in [0.29, 0.717) is 13.2 Å². The summed E-state index contributed by atoms with van der Waals surface area (Å²) in [5.41, 5.74) is 3.44. The van der Waals surface area contributed by atoms with Crippen LogP contribution in [0, 0.1) is 0 Å². The number of hydrogen-bond acceptors (Lipinski definition) is 3. The summed E-state index contributed by atoms with van der Waals surface area (Å²) in [6.07, 6.45) is 0.970. The molecular weight excluding hydrogens is 214 g/mol. The molecule has 0 amide bonds. The number of rotatable bonds is 0. The van der Waals surface area contributed by atoms with E-state index in [2.05, 4.69) is 31.8 Å². The summed E-state index contributed by atoms with van der Waals surface area (Å²) < 4.78 is 11.2. The van der Waals surface area contributed by atoms with E-state index in [1.165, 1.54) is 5.56 Å². The van der Waals surface area contributed by atoms with Crippen molar-refractivity contribution < 1.29 is 9.47 Å². The summed E-state index contributed by atoms with van der Waals surface area (Å²) in [4.78, 5) is 0. The van der Waals surface area contributed by atoms with Crippen molar-refractivity contribution >= 4 is 5.70 Å². The molecule has 1 aromatic carbocycles. The predicted octanol–water partition coefficient (Wildman–Crippen LogP) is 2.35. The summed E-state index contributed by atoms with van der Waals surface area (Å²) in [5.74, 6) is 1.69. The molecule has 0 aliphatic carbocycles. The molecule has 0 aromatic heterocycles. The van der Waals surface area contributed by atoms with Crippen molar-refractivity contribution in [2.45, 2.75) is 25.8 Å². The second kappa shape index (κ2) is 3.42. The fourth-order valence-electron chi connectivity index (χ4n) is 2.55. The summed E-state index contributed by atoms with van der Waals surface area (Å²) in [6.45, 7) is 9.71. The Labute approximate surface area is 101 Å². The minimum absolute atomic E-state index is 0.0494. The normalized spacial score (nSPS) is 20.5. The Balaban J connectivity index is 2.10. The number of hydrogen-bond donors (Lipinski definition) is 1. The Morgan fingerprint density at radius 1 is 1.18 bits per heavy atom. The Bertz CT molecular complexity index is 491. The molecule has 1 aromatic rings. The highest BCUT2D eigenvalue weighted by atomic mass is 16.6. The van der Waals surface area contributed by atoms with Crippen molar-refractivity contribution in [3.63, 3.8) is 0 Å². The van der Waals surface area contributed by atoms with Gasteiger partial charge in [0, 0.05) is 16.8 Å². The van der Waals surface area contributed by atoms with Crippen LogP contribution < -0.4 is 14.8 Å². The molecule has 0 bridgehead atoms. The third kappa shape index (κ3) is 1.75. The van der Waals surface area contributed by atoms with Crippen molar-refractivity contribution in [3.05, 3.63) is 29.8 Å². The zero-order valence-corrected chi connectivity index (χ0v) is 10.3. The molecule has 0 saturated carbocycles. The summed E-state index contributed by atoms with van der Waals surface area (Å²) in [5, 5.41) is 3.43. The first-order chi connectivity index (χ1) is 8.05. The number of nitrogens with one attached hydrogen (secondary N) is 1. The molecule has 0 fully saturated rings. The lowest BCUT2D eigenvalue weighted by molar-refractivity contribution is 0.171. The zero-order chi connectivity index (χ0) is 12.0. The van der Waals surface area contributed by atoms with Gasteiger partial charge in [0.05, 0.1) is 0 Å². The van der Waals surface area contributed by atoms with E-state index in [9.17, 15) is 0 Å². The van der Waals surface area contributed by atoms with Crippen LogP contribution in [0.5, 0.6) is 11.5 Å². The van der Waals surface area contributed by atoms with Crippen LogP contribution in [0.25, 0.3) is 5.70 Å². The van der Waals surface area contributed by atoms with E-state index >= 15 is 0 Å². The van der Waals surface area contributed by atoms with Crippen molar-refractivity contribution in [2.75, 3.05) is 13.2 Å². The molecule has 17 heavy (non-hydrogen) atoms. The molecule has 0 radical (unpaired) electrons. The van der Waals surface area contributed by atoms with Gasteiger partial charge in [0.2, 0.25) is 0 Å². The van der Waals surface area contributed by atoms with Gasteiger partial charge in [-0.2, -0.15) is 0 Å². The van der Waals surface area contributed by atoms with Crippen LogP contribution in [0.3, 0.4) is 0 Å². The lowest BCUT2D eigenvalue weighted by Crippen LogP contribution is -2.43. The van der Waals surface area contributed by atoms with Crippen molar-refractivity contribution in [1.82, 2.24) is 5.32 Å². The van der Waals surface area contributed by atoms with E-state index in [1.807, 2.05) is 6.07 Å². The van der Waals surface area contributed by atoms with E-state index in [1.54, 1.807) is 0 Å². The molecule has 3 rings (SSSR count). The lowest BCUT2D eigenvalue weighted by Gasteiger charge is -2.36. The van der Waals surface area contributed by atoms with Gasteiger partial charge in [-0.05, 0) is 38.0 Å². The van der Waals surface area contributed by atoms with Crippen LogP contribution >= 0.6 is 0 Å². The lowest BCUT2D eigenvalue weighted by atomic mass is 9.86. The Morgan fingerprint density at radius 3 is 2.53 bits per heavy atom. The second-order valence-corrected chi connectivity index (χ2v) is 5.32.